The second kappa shape index (κ2) is 3.54. The second-order valence-electron chi connectivity index (χ2n) is 2.35. The van der Waals surface area contributed by atoms with Crippen LogP contribution in [0, 0.1) is 5.41 Å². The Hall–Kier alpha value is -0.810. The van der Waals surface area contributed by atoms with Gasteiger partial charge in [0.25, 0.3) is 0 Å². The fourth-order valence-electron chi connectivity index (χ4n) is 1.02. The minimum absolute atomic E-state index is 0. The van der Waals surface area contributed by atoms with Gasteiger partial charge in [0.05, 0.1) is 6.04 Å². The van der Waals surface area contributed by atoms with Crippen LogP contribution >= 0.6 is 0 Å². The molecule has 1 aliphatic rings. The van der Waals surface area contributed by atoms with E-state index in [2.05, 4.69) is 0 Å². The number of likely N-dealkylation sites (tertiary alicyclic amines) is 1. The first-order valence-electron chi connectivity index (χ1n) is 3.09. The van der Waals surface area contributed by atoms with Crippen LogP contribution < -0.4 is 5.73 Å². The second-order valence-corrected chi connectivity index (χ2v) is 2.35. The summed E-state index contributed by atoms with van der Waals surface area (Å²) in [6.07, 6.45) is -0.685. The van der Waals surface area contributed by atoms with Gasteiger partial charge in [-0.1, -0.05) is 7.43 Å². The summed E-state index contributed by atoms with van der Waals surface area (Å²) in [6.45, 7) is 0.650. The van der Waals surface area contributed by atoms with Gasteiger partial charge in [0, 0.05) is 6.54 Å². The number of nitrogens with one attached hydrogen (secondary N) is 1. The van der Waals surface area contributed by atoms with Crippen LogP contribution in [0.1, 0.15) is 13.8 Å². The zero-order valence-corrected chi connectivity index (χ0v) is 5.49. The van der Waals surface area contributed by atoms with Crippen molar-refractivity contribution >= 4 is 5.96 Å². The van der Waals surface area contributed by atoms with E-state index in [9.17, 15) is 0 Å². The molecule has 1 aliphatic heterocycles. The normalized spacial score (nSPS) is 22.5. The summed E-state index contributed by atoms with van der Waals surface area (Å²) >= 11 is 0. The first-order chi connectivity index (χ1) is 4.63. The molecule has 0 spiro atoms. The van der Waals surface area contributed by atoms with Crippen LogP contribution in [0.5, 0.6) is 0 Å². The van der Waals surface area contributed by atoms with Crippen molar-refractivity contribution in [2.75, 3.05) is 6.54 Å². The van der Waals surface area contributed by atoms with Crippen molar-refractivity contribution in [2.45, 2.75) is 26.2 Å². The number of hydrogen-bond acceptors (Lipinski definition) is 3. The lowest BCUT2D eigenvalue weighted by Gasteiger charge is -2.41. The van der Waals surface area contributed by atoms with E-state index in [0.717, 1.165) is 0 Å². The van der Waals surface area contributed by atoms with Crippen LogP contribution in [0.25, 0.3) is 0 Å². The van der Waals surface area contributed by atoms with E-state index < -0.39 is 6.29 Å². The van der Waals surface area contributed by atoms with Crippen LogP contribution in [0.4, 0.5) is 0 Å². The first kappa shape index (κ1) is 10.2. The third-order valence-electron chi connectivity index (χ3n) is 1.72. The van der Waals surface area contributed by atoms with Gasteiger partial charge in [0.15, 0.2) is 12.2 Å². The van der Waals surface area contributed by atoms with Gasteiger partial charge in [-0.25, -0.2) is 0 Å². The monoisotopic (exact) mass is 161 g/mol. The van der Waals surface area contributed by atoms with Gasteiger partial charge in [-0.2, -0.15) is 0 Å². The molecular weight excluding hydrogens is 146 g/mol. The van der Waals surface area contributed by atoms with Crippen LogP contribution in [0.2, 0.25) is 0 Å². The Morgan fingerprint density at radius 2 is 2.18 bits per heavy atom. The zero-order chi connectivity index (χ0) is 7.72. The molecule has 0 aromatic carbocycles. The number of aliphatic hydroxyl groups is 2. The molecule has 1 fully saturated rings. The SMILES string of the molecule is C.N=C(N)N1CCC1C(O)O. The molecule has 0 saturated carbocycles. The zero-order valence-electron chi connectivity index (χ0n) is 5.49. The van der Waals surface area contributed by atoms with E-state index >= 15 is 0 Å². The van der Waals surface area contributed by atoms with Crippen molar-refractivity contribution in [1.29, 1.82) is 5.41 Å². The fraction of sp³-hybridized carbons (Fsp3) is 0.833. The molecule has 5 nitrogen and oxygen atoms in total. The quantitative estimate of drug-likeness (QED) is 0.223. The van der Waals surface area contributed by atoms with Gasteiger partial charge >= 0.3 is 0 Å². The lowest BCUT2D eigenvalue weighted by atomic mass is 10.0. The Morgan fingerprint density at radius 3 is 2.27 bits per heavy atom. The molecule has 0 radical (unpaired) electrons. The topological polar surface area (TPSA) is 93.6 Å². The molecule has 1 atom stereocenters. The molecule has 5 N–H and O–H groups in total. The Labute approximate surface area is 65.9 Å². The summed E-state index contributed by atoms with van der Waals surface area (Å²) in [5.74, 6) is -0.0932. The predicted octanol–water partition coefficient (Wildman–Crippen LogP) is -1.10. The van der Waals surface area contributed by atoms with Crippen molar-refractivity contribution in [2.24, 2.45) is 5.73 Å². The van der Waals surface area contributed by atoms with Crippen molar-refractivity contribution in [3.63, 3.8) is 0 Å². The standard InChI is InChI=1S/C5H11N3O2.CH4/c6-5(7)8-2-1-3(8)4(9)10;/h3-4,9-10H,1-2H2,(H3,6,7);1H4. The van der Waals surface area contributed by atoms with E-state index in [-0.39, 0.29) is 19.4 Å². The van der Waals surface area contributed by atoms with Crippen LogP contribution in [0.15, 0.2) is 0 Å². The van der Waals surface area contributed by atoms with Gasteiger partial charge < -0.3 is 20.8 Å². The summed E-state index contributed by atoms with van der Waals surface area (Å²) in [5, 5.41) is 24.3. The highest BCUT2D eigenvalue weighted by Crippen LogP contribution is 2.18. The molecule has 66 valence electrons. The van der Waals surface area contributed by atoms with Gasteiger partial charge in [-0.05, 0) is 6.42 Å². The number of rotatable bonds is 1. The molecular formula is C6H15N3O2. The van der Waals surface area contributed by atoms with E-state index in [4.69, 9.17) is 21.4 Å². The average Bonchev–Trinajstić information content (AvgIpc) is 1.56. The third kappa shape index (κ3) is 1.81. The van der Waals surface area contributed by atoms with Crippen LogP contribution in [-0.4, -0.2) is 39.9 Å². The predicted molar refractivity (Wildman–Crippen MR) is 42.0 cm³/mol. The minimum atomic E-state index is -1.38. The van der Waals surface area contributed by atoms with Crippen LogP contribution in [0.3, 0.4) is 0 Å². The number of aliphatic hydroxyl groups excluding tert-OH is 1. The Kier molecular flexibility index (Phi) is 3.28. The van der Waals surface area contributed by atoms with Gasteiger partial charge in [-0.15, -0.1) is 0 Å². The molecule has 1 unspecified atom stereocenters. The average molecular weight is 161 g/mol. The first-order valence-corrected chi connectivity index (χ1v) is 3.09. The van der Waals surface area contributed by atoms with Gasteiger partial charge in [0.1, 0.15) is 0 Å². The Morgan fingerprint density at radius 1 is 1.64 bits per heavy atom. The molecule has 0 aromatic rings. The molecule has 1 heterocycles. The number of guanidine groups is 1. The van der Waals surface area contributed by atoms with Crippen molar-refractivity contribution in [1.82, 2.24) is 4.90 Å². The highest BCUT2D eigenvalue weighted by atomic mass is 16.5. The minimum Gasteiger partial charge on any atom is -0.370 e. The number of hydrogen-bond donors (Lipinski definition) is 4. The molecule has 5 heteroatoms. The van der Waals surface area contributed by atoms with E-state index in [0.29, 0.717) is 13.0 Å². The fourth-order valence-corrected chi connectivity index (χ4v) is 1.02. The molecule has 0 bridgehead atoms. The Balaban J connectivity index is 0.000001000. The maximum Gasteiger partial charge on any atom is 0.188 e. The maximum absolute atomic E-state index is 8.65. The lowest BCUT2D eigenvalue weighted by Crippen LogP contribution is -2.58. The Bertz CT molecular complexity index is 149. The van der Waals surface area contributed by atoms with Crippen LogP contribution in [-0.2, 0) is 0 Å². The smallest absolute Gasteiger partial charge is 0.188 e. The number of nitrogens with two attached hydrogens (primary N) is 1. The van der Waals surface area contributed by atoms with Crippen molar-refractivity contribution in [3.05, 3.63) is 0 Å². The van der Waals surface area contributed by atoms with E-state index in [1.807, 2.05) is 0 Å². The summed E-state index contributed by atoms with van der Waals surface area (Å²) < 4.78 is 0. The third-order valence-corrected chi connectivity index (χ3v) is 1.72. The molecule has 1 saturated heterocycles. The van der Waals surface area contributed by atoms with Crippen molar-refractivity contribution in [3.8, 4) is 0 Å². The van der Waals surface area contributed by atoms with Gasteiger partial charge in [-0.3, -0.25) is 5.41 Å². The summed E-state index contributed by atoms with van der Waals surface area (Å²) in [7, 11) is 0. The molecule has 1 rings (SSSR count). The summed E-state index contributed by atoms with van der Waals surface area (Å²) in [6, 6.07) is -0.363. The lowest BCUT2D eigenvalue weighted by molar-refractivity contribution is -0.113. The van der Waals surface area contributed by atoms with Crippen molar-refractivity contribution < 1.29 is 10.2 Å². The molecule has 0 amide bonds. The largest absolute Gasteiger partial charge is 0.370 e. The molecule has 11 heavy (non-hydrogen) atoms. The summed E-state index contributed by atoms with van der Waals surface area (Å²) in [5.41, 5.74) is 5.11. The highest BCUT2D eigenvalue weighted by molar-refractivity contribution is 5.75. The summed E-state index contributed by atoms with van der Waals surface area (Å²) in [4.78, 5) is 1.45. The highest BCUT2D eigenvalue weighted by Gasteiger charge is 2.33. The maximum atomic E-state index is 8.65. The number of nitrogens with zero attached hydrogens (tertiary/aromatic N) is 1. The van der Waals surface area contributed by atoms with Gasteiger partial charge in [0.2, 0.25) is 0 Å². The molecule has 0 aromatic heterocycles. The van der Waals surface area contributed by atoms with E-state index in [1.165, 1.54) is 4.90 Å². The van der Waals surface area contributed by atoms with E-state index in [1.54, 1.807) is 0 Å². The molecule has 0 aliphatic carbocycles.